The number of aromatic nitrogens is 3. The zero-order valence-electron chi connectivity index (χ0n) is 11.1. The smallest absolute Gasteiger partial charge is 0.233 e. The maximum Gasteiger partial charge on any atom is 0.233 e. The van der Waals surface area contributed by atoms with Crippen LogP contribution < -0.4 is 11.5 Å². The third-order valence-electron chi connectivity index (χ3n) is 1.74. The molecule has 0 aliphatic rings. The lowest BCUT2D eigenvalue weighted by molar-refractivity contribution is 0.573. The first kappa shape index (κ1) is 14.0. The van der Waals surface area contributed by atoms with Gasteiger partial charge in [0.1, 0.15) is 29.8 Å². The van der Waals surface area contributed by atoms with E-state index >= 15 is 0 Å². The van der Waals surface area contributed by atoms with E-state index in [4.69, 9.17) is 15.9 Å². The van der Waals surface area contributed by atoms with Gasteiger partial charge in [-0.15, -0.1) is 0 Å². The van der Waals surface area contributed by atoms with Crippen LogP contribution in [-0.4, -0.2) is 15.0 Å². The van der Waals surface area contributed by atoms with E-state index < -0.39 is 0 Å². The summed E-state index contributed by atoms with van der Waals surface area (Å²) in [5, 5.41) is 0. The van der Waals surface area contributed by atoms with E-state index in [9.17, 15) is 0 Å². The number of anilines is 2. The Morgan fingerprint density at radius 2 is 1.61 bits per heavy atom. The Bertz CT molecular complexity index is 484. The van der Waals surface area contributed by atoms with E-state index in [1.54, 1.807) is 0 Å². The molecule has 0 bridgehead atoms. The standard InChI is InChI=1S/C8H9N5O.C4H10/c1-4-2-14-8(13-4)5-6(9)11-3-12-7(5)10;1-4(2)3/h2-3H,1H3,(H4,9,10,11,12);4H,1-3H3. The summed E-state index contributed by atoms with van der Waals surface area (Å²) < 4.78 is 5.16. The second kappa shape index (κ2) is 6.00. The van der Waals surface area contributed by atoms with E-state index in [0.717, 1.165) is 11.6 Å². The molecule has 0 radical (unpaired) electrons. The van der Waals surface area contributed by atoms with Crippen LogP contribution >= 0.6 is 0 Å². The third-order valence-corrected chi connectivity index (χ3v) is 1.74. The number of nitrogen functional groups attached to an aromatic ring is 2. The van der Waals surface area contributed by atoms with Crippen LogP contribution in [0.2, 0.25) is 0 Å². The Hall–Kier alpha value is -2.11. The number of aryl methyl sites for hydroxylation is 1. The number of nitrogens with zero attached hydrogens (tertiary/aromatic N) is 3. The van der Waals surface area contributed by atoms with Gasteiger partial charge in [-0.1, -0.05) is 20.8 Å². The summed E-state index contributed by atoms with van der Waals surface area (Å²) in [4.78, 5) is 11.7. The van der Waals surface area contributed by atoms with Gasteiger partial charge in [0.25, 0.3) is 0 Å². The Balaban J connectivity index is 0.000000357. The SMILES string of the molecule is CC(C)C.Cc1coc(-c2c(N)ncnc2N)n1. The lowest BCUT2D eigenvalue weighted by Gasteiger charge is -2.01. The molecule has 0 amide bonds. The molecule has 98 valence electrons. The van der Waals surface area contributed by atoms with Crippen molar-refractivity contribution in [1.82, 2.24) is 15.0 Å². The summed E-state index contributed by atoms with van der Waals surface area (Å²) in [5.74, 6) is 1.71. The molecule has 4 N–H and O–H groups in total. The summed E-state index contributed by atoms with van der Waals surface area (Å²) in [6.07, 6.45) is 2.81. The van der Waals surface area contributed by atoms with Crippen LogP contribution in [0.5, 0.6) is 0 Å². The zero-order chi connectivity index (χ0) is 13.7. The van der Waals surface area contributed by atoms with Crippen molar-refractivity contribution in [3.63, 3.8) is 0 Å². The molecule has 0 saturated heterocycles. The average Bonchev–Trinajstić information content (AvgIpc) is 2.63. The van der Waals surface area contributed by atoms with E-state index in [1.165, 1.54) is 12.6 Å². The lowest BCUT2D eigenvalue weighted by atomic mass is 10.3. The molecule has 6 heteroatoms. The van der Waals surface area contributed by atoms with E-state index in [1.807, 2.05) is 6.92 Å². The second-order valence-corrected chi connectivity index (χ2v) is 4.55. The highest BCUT2D eigenvalue weighted by Crippen LogP contribution is 2.27. The number of hydrogen-bond acceptors (Lipinski definition) is 6. The van der Waals surface area contributed by atoms with Crippen LogP contribution in [0.25, 0.3) is 11.5 Å². The van der Waals surface area contributed by atoms with Gasteiger partial charge in [-0.2, -0.15) is 0 Å². The van der Waals surface area contributed by atoms with Gasteiger partial charge < -0.3 is 15.9 Å². The number of oxazole rings is 1. The predicted molar refractivity (Wildman–Crippen MR) is 71.6 cm³/mol. The van der Waals surface area contributed by atoms with Gasteiger partial charge in [-0.25, -0.2) is 15.0 Å². The van der Waals surface area contributed by atoms with Gasteiger partial charge >= 0.3 is 0 Å². The molecule has 0 fully saturated rings. The summed E-state index contributed by atoms with van der Waals surface area (Å²) in [7, 11) is 0. The third kappa shape index (κ3) is 3.73. The van der Waals surface area contributed by atoms with Crippen LogP contribution in [0.1, 0.15) is 26.5 Å². The first-order valence-corrected chi connectivity index (χ1v) is 5.70. The average molecular weight is 249 g/mol. The topological polar surface area (TPSA) is 104 Å². The van der Waals surface area contributed by atoms with Crippen LogP contribution in [0.4, 0.5) is 11.6 Å². The van der Waals surface area contributed by atoms with E-state index in [0.29, 0.717) is 11.5 Å². The highest BCUT2D eigenvalue weighted by molar-refractivity contribution is 5.76. The van der Waals surface area contributed by atoms with Gasteiger partial charge in [0.05, 0.1) is 5.69 Å². The van der Waals surface area contributed by atoms with Gasteiger partial charge in [-0.05, 0) is 12.8 Å². The largest absolute Gasteiger partial charge is 0.444 e. The first-order valence-electron chi connectivity index (χ1n) is 5.70. The second-order valence-electron chi connectivity index (χ2n) is 4.55. The van der Waals surface area contributed by atoms with Crippen LogP contribution in [0.15, 0.2) is 17.0 Å². The Morgan fingerprint density at radius 1 is 1.11 bits per heavy atom. The van der Waals surface area contributed by atoms with Crippen LogP contribution in [0.3, 0.4) is 0 Å². The van der Waals surface area contributed by atoms with Gasteiger partial charge in [0.15, 0.2) is 0 Å². The van der Waals surface area contributed by atoms with Crippen molar-refractivity contribution in [1.29, 1.82) is 0 Å². The molecule has 0 aromatic carbocycles. The Labute approximate surface area is 106 Å². The molecular weight excluding hydrogens is 230 g/mol. The Morgan fingerprint density at radius 3 is 2.00 bits per heavy atom. The molecule has 0 aliphatic heterocycles. The minimum Gasteiger partial charge on any atom is -0.444 e. The first-order chi connectivity index (χ1) is 8.41. The van der Waals surface area contributed by atoms with E-state index in [-0.39, 0.29) is 11.6 Å². The quantitative estimate of drug-likeness (QED) is 0.803. The van der Waals surface area contributed by atoms with Gasteiger partial charge in [-0.3, -0.25) is 0 Å². The highest BCUT2D eigenvalue weighted by Gasteiger charge is 2.13. The van der Waals surface area contributed by atoms with Crippen molar-refractivity contribution in [3.05, 3.63) is 18.3 Å². The molecule has 18 heavy (non-hydrogen) atoms. The fourth-order valence-electron chi connectivity index (χ4n) is 1.10. The molecule has 0 saturated carbocycles. The molecule has 6 nitrogen and oxygen atoms in total. The molecule has 0 spiro atoms. The fourth-order valence-corrected chi connectivity index (χ4v) is 1.10. The van der Waals surface area contributed by atoms with Crippen molar-refractivity contribution < 1.29 is 4.42 Å². The van der Waals surface area contributed by atoms with Crippen LogP contribution in [-0.2, 0) is 0 Å². The molecule has 2 heterocycles. The lowest BCUT2D eigenvalue weighted by Crippen LogP contribution is -2.01. The molecule has 2 aromatic heterocycles. The molecule has 0 unspecified atom stereocenters. The van der Waals surface area contributed by atoms with Gasteiger partial charge in [0, 0.05) is 0 Å². The number of hydrogen-bond donors (Lipinski definition) is 2. The molecule has 0 atom stereocenters. The molecule has 2 rings (SSSR count). The van der Waals surface area contributed by atoms with E-state index in [2.05, 4.69) is 35.7 Å². The van der Waals surface area contributed by atoms with Crippen molar-refractivity contribution in [2.24, 2.45) is 5.92 Å². The zero-order valence-corrected chi connectivity index (χ0v) is 11.1. The van der Waals surface area contributed by atoms with Crippen molar-refractivity contribution >= 4 is 11.6 Å². The van der Waals surface area contributed by atoms with Crippen LogP contribution in [0, 0.1) is 12.8 Å². The van der Waals surface area contributed by atoms with Crippen molar-refractivity contribution in [2.75, 3.05) is 11.5 Å². The summed E-state index contributed by atoms with van der Waals surface area (Å²) in [6, 6.07) is 0. The maximum atomic E-state index is 5.63. The highest BCUT2D eigenvalue weighted by atomic mass is 16.3. The van der Waals surface area contributed by atoms with Gasteiger partial charge in [0.2, 0.25) is 5.89 Å². The van der Waals surface area contributed by atoms with Crippen molar-refractivity contribution in [2.45, 2.75) is 27.7 Å². The molecular formula is C12H19N5O. The van der Waals surface area contributed by atoms with Crippen molar-refractivity contribution in [3.8, 4) is 11.5 Å². The normalized spacial score (nSPS) is 10.1. The summed E-state index contributed by atoms with van der Waals surface area (Å²) in [5.41, 5.74) is 12.5. The summed E-state index contributed by atoms with van der Waals surface area (Å²) in [6.45, 7) is 8.31. The number of rotatable bonds is 1. The minimum atomic E-state index is 0.263. The molecule has 0 aliphatic carbocycles. The summed E-state index contributed by atoms with van der Waals surface area (Å²) >= 11 is 0. The Kier molecular flexibility index (Phi) is 4.65. The fraction of sp³-hybridized carbons (Fsp3) is 0.417. The number of nitrogens with two attached hydrogens (primary N) is 2. The monoisotopic (exact) mass is 249 g/mol. The predicted octanol–water partition coefficient (Wildman–Crippen LogP) is 2.27. The molecule has 2 aromatic rings. The maximum absolute atomic E-state index is 5.63. The minimum absolute atomic E-state index is 0.263.